The van der Waals surface area contributed by atoms with E-state index in [-0.39, 0.29) is 23.3 Å². The van der Waals surface area contributed by atoms with Gasteiger partial charge in [-0.3, -0.25) is 4.79 Å². The molecule has 0 radical (unpaired) electrons. The molecule has 1 amide bonds. The number of nitrogens with zero attached hydrogens (tertiary/aromatic N) is 1. The fraction of sp³-hybridized carbons (Fsp3) is 0.600. The lowest BCUT2D eigenvalue weighted by molar-refractivity contribution is -0.123. The van der Waals surface area contributed by atoms with E-state index >= 15 is 0 Å². The molecule has 1 N–H and O–H groups in total. The number of aryl methyl sites for hydroxylation is 2. The number of hydrazone groups is 1. The fourth-order valence-electron chi connectivity index (χ4n) is 4.27. The Bertz CT molecular complexity index is 693. The molecule has 24 heavy (non-hydrogen) atoms. The molecule has 0 spiro atoms. The number of carbonyl (C=O) groups is 1. The molecule has 130 valence electrons. The quantitative estimate of drug-likeness (QED) is 0.849. The maximum atomic E-state index is 12.1. The van der Waals surface area contributed by atoms with Gasteiger partial charge >= 0.3 is 0 Å². The topological polar surface area (TPSA) is 50.7 Å². The van der Waals surface area contributed by atoms with Crippen LogP contribution in [0.4, 0.5) is 0 Å². The van der Waals surface area contributed by atoms with Gasteiger partial charge in [0.15, 0.2) is 6.61 Å². The van der Waals surface area contributed by atoms with Crippen LogP contribution < -0.4 is 10.2 Å². The Balaban J connectivity index is 1.60. The Morgan fingerprint density at radius 3 is 2.71 bits per heavy atom. The van der Waals surface area contributed by atoms with Crippen molar-refractivity contribution in [3.05, 3.63) is 29.3 Å². The van der Waals surface area contributed by atoms with Crippen molar-refractivity contribution in [1.82, 2.24) is 5.43 Å². The van der Waals surface area contributed by atoms with Crippen molar-refractivity contribution in [2.45, 2.75) is 53.9 Å². The van der Waals surface area contributed by atoms with E-state index < -0.39 is 0 Å². The summed E-state index contributed by atoms with van der Waals surface area (Å²) in [6, 6.07) is 5.99. The van der Waals surface area contributed by atoms with Gasteiger partial charge in [0.1, 0.15) is 5.75 Å². The predicted molar refractivity (Wildman–Crippen MR) is 96.2 cm³/mol. The minimum absolute atomic E-state index is 0.00932. The molecular formula is C20H28N2O2. The standard InChI is InChI=1S/C20H28N2O2/c1-13-6-7-14(2)16(10-13)24-12-18(23)22-21-17-11-15-8-9-20(17,5)19(15,3)4/h6-7,10,15H,8-9,11-12H2,1-5H3,(H,22,23)/b21-17-/t15-,20+/m0/s1. The summed E-state index contributed by atoms with van der Waals surface area (Å²) >= 11 is 0. The van der Waals surface area contributed by atoms with Crippen molar-refractivity contribution >= 4 is 11.6 Å². The highest BCUT2D eigenvalue weighted by Crippen LogP contribution is 2.63. The van der Waals surface area contributed by atoms with Gasteiger partial charge in [0, 0.05) is 11.1 Å². The number of fused-ring (bicyclic) bond motifs is 2. The van der Waals surface area contributed by atoms with E-state index in [9.17, 15) is 4.79 Å². The van der Waals surface area contributed by atoms with Crippen LogP contribution in [0.5, 0.6) is 5.75 Å². The highest BCUT2D eigenvalue weighted by atomic mass is 16.5. The minimum atomic E-state index is -0.201. The van der Waals surface area contributed by atoms with Gasteiger partial charge in [-0.05, 0) is 61.6 Å². The van der Waals surface area contributed by atoms with E-state index in [2.05, 4.69) is 31.3 Å². The van der Waals surface area contributed by atoms with Gasteiger partial charge in [-0.25, -0.2) is 5.43 Å². The molecule has 2 aliphatic carbocycles. The molecule has 0 unspecified atom stereocenters. The number of nitrogens with one attached hydrogen (secondary N) is 1. The van der Waals surface area contributed by atoms with Crippen LogP contribution in [0.2, 0.25) is 0 Å². The van der Waals surface area contributed by atoms with E-state index in [4.69, 9.17) is 4.74 Å². The van der Waals surface area contributed by atoms with Crippen LogP contribution >= 0.6 is 0 Å². The van der Waals surface area contributed by atoms with Gasteiger partial charge in [-0.15, -0.1) is 0 Å². The molecule has 3 rings (SSSR count). The molecule has 2 aliphatic rings. The number of hydrogen-bond acceptors (Lipinski definition) is 3. The summed E-state index contributed by atoms with van der Waals surface area (Å²) in [5, 5.41) is 4.46. The molecule has 2 atom stereocenters. The largest absolute Gasteiger partial charge is 0.483 e. The molecule has 1 aromatic rings. The van der Waals surface area contributed by atoms with Crippen LogP contribution in [-0.2, 0) is 4.79 Å². The van der Waals surface area contributed by atoms with E-state index in [1.54, 1.807) is 0 Å². The maximum Gasteiger partial charge on any atom is 0.277 e. The molecule has 2 bridgehead atoms. The number of carbonyl (C=O) groups excluding carboxylic acids is 1. The molecule has 2 fully saturated rings. The van der Waals surface area contributed by atoms with Gasteiger partial charge in [0.05, 0.1) is 0 Å². The Kier molecular flexibility index (Phi) is 4.18. The second-order valence-electron chi connectivity index (χ2n) is 8.14. The molecular weight excluding hydrogens is 300 g/mol. The molecule has 4 heteroatoms. The van der Waals surface area contributed by atoms with Crippen LogP contribution in [-0.4, -0.2) is 18.2 Å². The smallest absolute Gasteiger partial charge is 0.277 e. The summed E-state index contributed by atoms with van der Waals surface area (Å²) in [6.45, 7) is 10.9. The van der Waals surface area contributed by atoms with Crippen LogP contribution in [0.3, 0.4) is 0 Å². The van der Waals surface area contributed by atoms with Gasteiger partial charge in [-0.1, -0.05) is 32.9 Å². The molecule has 0 saturated heterocycles. The Hall–Kier alpha value is -1.84. The normalized spacial score (nSPS) is 29.0. The summed E-state index contributed by atoms with van der Waals surface area (Å²) in [5.41, 5.74) is 6.37. The molecule has 2 saturated carbocycles. The summed E-state index contributed by atoms with van der Waals surface area (Å²) in [6.07, 6.45) is 3.44. The summed E-state index contributed by atoms with van der Waals surface area (Å²) in [5.74, 6) is 1.24. The molecule has 0 aromatic heterocycles. The first kappa shape index (κ1) is 17.0. The summed E-state index contributed by atoms with van der Waals surface area (Å²) in [4.78, 5) is 12.1. The zero-order chi connectivity index (χ0) is 17.5. The summed E-state index contributed by atoms with van der Waals surface area (Å²) < 4.78 is 5.64. The van der Waals surface area contributed by atoms with Crippen molar-refractivity contribution in [2.75, 3.05) is 6.61 Å². The highest BCUT2D eigenvalue weighted by molar-refractivity contribution is 5.95. The Morgan fingerprint density at radius 1 is 1.33 bits per heavy atom. The second-order valence-corrected chi connectivity index (χ2v) is 8.14. The van der Waals surface area contributed by atoms with Gasteiger partial charge in [0.25, 0.3) is 5.91 Å². The molecule has 4 nitrogen and oxygen atoms in total. The third-order valence-electron chi connectivity index (χ3n) is 6.53. The number of rotatable bonds is 4. The number of benzene rings is 1. The van der Waals surface area contributed by atoms with Crippen LogP contribution in [0.15, 0.2) is 23.3 Å². The zero-order valence-electron chi connectivity index (χ0n) is 15.4. The van der Waals surface area contributed by atoms with Crippen molar-refractivity contribution < 1.29 is 9.53 Å². The Labute approximate surface area is 144 Å². The molecule has 0 heterocycles. The lowest BCUT2D eigenvalue weighted by Gasteiger charge is -2.34. The van der Waals surface area contributed by atoms with Gasteiger partial charge < -0.3 is 4.74 Å². The highest BCUT2D eigenvalue weighted by Gasteiger charge is 2.59. The van der Waals surface area contributed by atoms with Crippen LogP contribution in [0.25, 0.3) is 0 Å². The lowest BCUT2D eigenvalue weighted by atomic mass is 9.70. The van der Waals surface area contributed by atoms with Crippen molar-refractivity contribution in [3.63, 3.8) is 0 Å². The van der Waals surface area contributed by atoms with E-state index in [0.717, 1.165) is 29.0 Å². The Morgan fingerprint density at radius 2 is 2.08 bits per heavy atom. The number of hydrogen-bond donors (Lipinski definition) is 1. The first-order valence-corrected chi connectivity index (χ1v) is 8.80. The first-order chi connectivity index (χ1) is 11.2. The third-order valence-corrected chi connectivity index (χ3v) is 6.53. The average molecular weight is 328 g/mol. The van der Waals surface area contributed by atoms with Crippen LogP contribution in [0.1, 0.15) is 51.2 Å². The van der Waals surface area contributed by atoms with Crippen molar-refractivity contribution in [1.29, 1.82) is 0 Å². The average Bonchev–Trinajstić information content (AvgIpc) is 2.86. The SMILES string of the molecule is Cc1ccc(C)c(OCC(=O)N/N=C2/C[C@@H]3CC[C@@]2(C)C3(C)C)c1. The predicted octanol–water partition coefficient (Wildman–Crippen LogP) is 4.00. The van der Waals surface area contributed by atoms with Gasteiger partial charge in [0.2, 0.25) is 0 Å². The van der Waals surface area contributed by atoms with Gasteiger partial charge in [-0.2, -0.15) is 5.10 Å². The maximum absolute atomic E-state index is 12.1. The van der Waals surface area contributed by atoms with E-state index in [0.29, 0.717) is 5.92 Å². The first-order valence-electron chi connectivity index (χ1n) is 8.80. The molecule has 1 aromatic carbocycles. The van der Waals surface area contributed by atoms with Crippen LogP contribution in [0, 0.1) is 30.6 Å². The number of ether oxygens (including phenoxy) is 1. The third kappa shape index (κ3) is 2.72. The summed E-state index contributed by atoms with van der Waals surface area (Å²) in [7, 11) is 0. The number of amides is 1. The van der Waals surface area contributed by atoms with E-state index in [1.807, 2.05) is 32.0 Å². The monoisotopic (exact) mass is 328 g/mol. The minimum Gasteiger partial charge on any atom is -0.483 e. The lowest BCUT2D eigenvalue weighted by Crippen LogP contribution is -2.35. The molecule has 0 aliphatic heterocycles. The van der Waals surface area contributed by atoms with Crippen molar-refractivity contribution in [2.24, 2.45) is 21.8 Å². The zero-order valence-corrected chi connectivity index (χ0v) is 15.4. The van der Waals surface area contributed by atoms with Crippen molar-refractivity contribution in [3.8, 4) is 5.75 Å². The second kappa shape index (κ2) is 5.91. The van der Waals surface area contributed by atoms with E-state index in [1.165, 1.54) is 12.8 Å². The fourth-order valence-corrected chi connectivity index (χ4v) is 4.27.